The van der Waals surface area contributed by atoms with Gasteiger partial charge in [0.05, 0.1) is 102 Å². The first kappa shape index (κ1) is 69.7. The molecule has 8 N–H and O–H groups in total. The van der Waals surface area contributed by atoms with Gasteiger partial charge in [-0.3, -0.25) is 19.2 Å². The third-order valence-corrected chi connectivity index (χ3v) is 14.8. The smallest absolute Gasteiger partial charge is 0.481 e. The predicted molar refractivity (Wildman–Crippen MR) is 320 cm³/mol. The van der Waals surface area contributed by atoms with Crippen LogP contribution in [-0.2, 0) is 38.7 Å². The van der Waals surface area contributed by atoms with Gasteiger partial charge in [-0.15, -0.1) is 0 Å². The molecule has 0 saturated carbocycles. The van der Waals surface area contributed by atoms with Crippen LogP contribution in [0.2, 0.25) is 0 Å². The Morgan fingerprint density at radius 1 is 0.404 bits per heavy atom. The van der Waals surface area contributed by atoms with Crippen molar-refractivity contribution in [1.29, 1.82) is 0 Å². The molecule has 2 aromatic rings. The van der Waals surface area contributed by atoms with E-state index in [0.29, 0.717) is 125 Å². The SMILES string of the molecule is CN1C=CN/C1=C1/C2=NC(=C(CCC(=O)O)C3=NC(=C(C#CC#CC4=C5C=CC(=N5)C(CCC(=O)O)=C5C=CC(=N5)/C(=C5\NC=CN5C)c5ccc([nH]5)C(CCC(=O)O)=C5C=CC4=N5)C4=NC(=C(CCC(=O)O)c5ccc1[nH]5)C=C4)C=C3)C=C2.[Na+].[Na+].[Na+].[Na+].[Zn+2]. The van der Waals surface area contributed by atoms with Crippen molar-refractivity contribution >= 4 is 80.4 Å². The van der Waals surface area contributed by atoms with Gasteiger partial charge in [-0.25, -0.2) is 30.0 Å². The van der Waals surface area contributed by atoms with Gasteiger partial charge in [0.1, 0.15) is 11.6 Å². The number of aliphatic imine (C=N–C) groups is 6. The first-order valence-corrected chi connectivity index (χ1v) is 26.9. The van der Waals surface area contributed by atoms with Crippen molar-refractivity contribution < 1.29 is 177 Å². The number of aromatic nitrogens is 2. The molecule has 0 fully saturated rings. The van der Waals surface area contributed by atoms with E-state index in [4.69, 9.17) is 30.0 Å². The Labute approximate surface area is 613 Å². The molecule has 0 aliphatic carbocycles. The summed E-state index contributed by atoms with van der Waals surface area (Å²) in [7, 11) is 3.80. The molecular weight excluding hydrogens is 1220 g/mol. The number of aliphatic carboxylic acids is 4. The van der Waals surface area contributed by atoms with Crippen LogP contribution in [0.3, 0.4) is 0 Å². The zero-order valence-electron chi connectivity index (χ0n) is 49.9. The Balaban J connectivity index is 0.00000226. The maximum Gasteiger partial charge on any atom is 2.00 e. The second-order valence-corrected chi connectivity index (χ2v) is 20.2. The summed E-state index contributed by atoms with van der Waals surface area (Å²) < 4.78 is 0. The van der Waals surface area contributed by atoms with Gasteiger partial charge < -0.3 is 50.8 Å². The maximum atomic E-state index is 12.1. The molecule has 16 bridgehead atoms. The minimum Gasteiger partial charge on any atom is -0.481 e. The summed E-state index contributed by atoms with van der Waals surface area (Å²) in [6.07, 6.45) is 28.9. The van der Waals surface area contributed by atoms with Crippen molar-refractivity contribution in [2.75, 3.05) is 14.1 Å². The van der Waals surface area contributed by atoms with Crippen LogP contribution < -0.4 is 129 Å². The molecule has 0 unspecified atom stereocenters. The normalized spacial score (nSPS) is 19.3. The van der Waals surface area contributed by atoms with Crippen LogP contribution >= 0.6 is 0 Å². The number of hydrogen-bond acceptors (Lipinski definition) is 14. The Morgan fingerprint density at radius 2 is 0.697 bits per heavy atom. The van der Waals surface area contributed by atoms with Crippen LogP contribution in [-0.4, -0.2) is 112 Å². The molecule has 10 aliphatic rings. The number of carbonyl (C=O) groups is 4. The number of nitrogens with one attached hydrogen (secondary N) is 4. The van der Waals surface area contributed by atoms with Crippen LogP contribution in [0.25, 0.3) is 22.3 Å². The van der Waals surface area contributed by atoms with Gasteiger partial charge in [-0.05, 0) is 147 Å². The Hall–Kier alpha value is -6.76. The number of carboxylic acids is 4. The van der Waals surface area contributed by atoms with Crippen molar-refractivity contribution in [2.24, 2.45) is 30.0 Å². The number of fused-ring (bicyclic) bond motifs is 10. The monoisotopic (exact) mass is 1270 g/mol. The molecule has 25 heteroatoms. The molecule has 20 nitrogen and oxygen atoms in total. The van der Waals surface area contributed by atoms with Gasteiger partial charge >= 0.3 is 162 Å². The van der Waals surface area contributed by atoms with Crippen LogP contribution in [0.4, 0.5) is 0 Å². The summed E-state index contributed by atoms with van der Waals surface area (Å²) in [5.74, 6) is 10.1. The molecule has 0 aromatic carbocycles. The Bertz CT molecular complexity index is 4040. The van der Waals surface area contributed by atoms with Gasteiger partial charge in [-0.1, -0.05) is 0 Å². The van der Waals surface area contributed by atoms with Crippen molar-refractivity contribution in [1.82, 2.24) is 30.4 Å². The third-order valence-electron chi connectivity index (χ3n) is 14.8. The summed E-state index contributed by atoms with van der Waals surface area (Å²) in [6, 6.07) is 7.58. The van der Waals surface area contributed by atoms with E-state index >= 15 is 0 Å². The van der Waals surface area contributed by atoms with Gasteiger partial charge in [0.15, 0.2) is 0 Å². The van der Waals surface area contributed by atoms with Gasteiger partial charge in [0.25, 0.3) is 0 Å². The Kier molecular flexibility index (Phi) is 23.8. The number of allylic oxidation sites excluding steroid dienone is 20. The van der Waals surface area contributed by atoms with E-state index in [1.165, 1.54) is 0 Å². The Morgan fingerprint density at radius 3 is 1.04 bits per heavy atom. The molecule has 0 amide bonds. The molecule has 0 saturated heterocycles. The van der Waals surface area contributed by atoms with Crippen LogP contribution in [0.1, 0.15) is 74.1 Å². The number of rotatable bonds is 12. The average molecular weight is 1270 g/mol. The molecule has 12 rings (SSSR count). The van der Waals surface area contributed by atoms with Crippen molar-refractivity contribution in [3.8, 4) is 23.7 Å². The van der Waals surface area contributed by atoms with Gasteiger partial charge in [-0.2, -0.15) is 0 Å². The maximum absolute atomic E-state index is 12.1. The van der Waals surface area contributed by atoms with Crippen LogP contribution in [0.5, 0.6) is 0 Å². The van der Waals surface area contributed by atoms with Crippen molar-refractivity contribution in [2.45, 2.75) is 51.4 Å². The fourth-order valence-corrected chi connectivity index (χ4v) is 10.7. The molecule has 2 aromatic heterocycles. The van der Waals surface area contributed by atoms with E-state index in [9.17, 15) is 39.6 Å². The average Bonchev–Trinajstić information content (AvgIpc) is 1.74. The van der Waals surface area contributed by atoms with E-state index in [1.807, 2.05) is 97.3 Å². The van der Waals surface area contributed by atoms with E-state index in [2.05, 4.69) is 44.3 Å². The predicted octanol–water partition coefficient (Wildman–Crippen LogP) is -3.60. The number of carboxylic acid groups (broad SMARTS) is 4. The summed E-state index contributed by atoms with van der Waals surface area (Å²) in [6.45, 7) is 0. The molecular formula is C64H50N12Na4O8Zn+6. The van der Waals surface area contributed by atoms with E-state index in [1.54, 1.807) is 48.6 Å². The summed E-state index contributed by atoms with van der Waals surface area (Å²) >= 11 is 0. The summed E-state index contributed by atoms with van der Waals surface area (Å²) in [5.41, 5.74) is 13.2. The molecule has 414 valence electrons. The summed E-state index contributed by atoms with van der Waals surface area (Å²) in [4.78, 5) is 90.0. The molecule has 89 heavy (non-hydrogen) atoms. The fourth-order valence-electron chi connectivity index (χ4n) is 10.7. The number of H-pyrrole nitrogens is 2. The minimum atomic E-state index is -0.990. The molecule has 10 aliphatic heterocycles. The van der Waals surface area contributed by atoms with Crippen molar-refractivity contribution in [3.05, 3.63) is 213 Å². The zero-order valence-corrected chi connectivity index (χ0v) is 60.9. The minimum absolute atomic E-state index is 0. The largest absolute Gasteiger partial charge is 2.00 e. The van der Waals surface area contributed by atoms with Crippen LogP contribution in [0, 0.1) is 23.7 Å². The quantitative estimate of drug-likeness (QED) is 0.0757. The number of nitrogens with zero attached hydrogens (tertiary/aromatic N) is 8. The van der Waals surface area contributed by atoms with Crippen LogP contribution in [0.15, 0.2) is 220 Å². The second-order valence-electron chi connectivity index (χ2n) is 20.2. The fraction of sp³-hybridized carbons (Fsp3) is 0.156. The number of aromatic amines is 2. The third kappa shape index (κ3) is 15.0. The van der Waals surface area contributed by atoms with E-state index in [-0.39, 0.29) is 189 Å². The second kappa shape index (κ2) is 30.4. The molecule has 0 atom stereocenters. The first-order valence-electron chi connectivity index (χ1n) is 26.9. The van der Waals surface area contributed by atoms with E-state index in [0.717, 1.165) is 22.8 Å². The molecule has 12 heterocycles. The topological polar surface area (TPSA) is 285 Å². The van der Waals surface area contributed by atoms with Gasteiger partial charge in [0.2, 0.25) is 0 Å². The zero-order chi connectivity index (χ0) is 58.2. The van der Waals surface area contributed by atoms with Crippen molar-refractivity contribution in [3.63, 3.8) is 0 Å². The first-order chi connectivity index (χ1) is 40.7. The standard InChI is InChI=1S/C64H50N12O8.4Na.Zn/c1-75-33-31-65-63(75)61-53-23-19-49(71-53)37(7-27-57(77)78)45-15-11-41(67-45)35(42-12-16-46(68-42)38(8-28-58(79)80)50-20-24-54(61)72-50)5-3-4-6-36-43-13-17-47(69-43)39(9-29-59(81)82)51-21-25-55(73-51)62(64-66-32-34-76(64)2)56-26-22-52(74-56)40(10-30-60(83)84)48-18-14-44(36)70-48;;;;;/h11-26,31-34,65-66,71,73H,7-10,27-30H2,1-2H3,(H,77,78)(H,79,80)(H,81,82)(H,83,84);;;;;/q;4*+1;+2/b42-35?,44-36?,45-37?,47-39?,50-38?,52-40?,63-61-,64-62+;;;;;. The number of hydrogen-bond donors (Lipinski definition) is 8. The van der Waals surface area contributed by atoms with Gasteiger partial charge in [0, 0.05) is 98.3 Å². The van der Waals surface area contributed by atoms with E-state index < -0.39 is 23.9 Å². The molecule has 0 radical (unpaired) electrons. The molecule has 0 spiro atoms. The summed E-state index contributed by atoms with van der Waals surface area (Å²) in [5, 5.41) is 46.4.